The Morgan fingerprint density at radius 2 is 2.03 bits per heavy atom. The zero-order chi connectivity index (χ0) is 24.2. The number of carbonyl (C=O) groups is 2. The van der Waals surface area contributed by atoms with Gasteiger partial charge >= 0.3 is 0 Å². The molecule has 3 aromatic rings. The van der Waals surface area contributed by atoms with Crippen LogP contribution in [0, 0.1) is 0 Å². The summed E-state index contributed by atoms with van der Waals surface area (Å²) in [4.78, 5) is 35.4. The van der Waals surface area contributed by atoms with E-state index in [9.17, 15) is 9.59 Å². The molecule has 4 heterocycles. The van der Waals surface area contributed by atoms with Gasteiger partial charge in [0.25, 0.3) is 11.8 Å². The maximum Gasteiger partial charge on any atom is 0.274 e. The van der Waals surface area contributed by atoms with Crippen molar-refractivity contribution in [2.24, 2.45) is 0 Å². The second-order valence-corrected chi connectivity index (χ2v) is 8.30. The predicted octanol–water partition coefficient (Wildman–Crippen LogP) is 2.75. The molecule has 0 spiro atoms. The minimum Gasteiger partial charge on any atom is -0.488 e. The zero-order valence-corrected chi connectivity index (χ0v) is 19.3. The van der Waals surface area contributed by atoms with Crippen molar-refractivity contribution in [1.29, 1.82) is 0 Å². The SMILES string of the molecule is CCn1ccc(NC(=O)c2cc(Oc3cnc(C(=O)N4CCC4)cn3)cc(O[C@H]3CCOC3)c2)n1. The molecule has 1 N–H and O–H groups in total. The third-order valence-electron chi connectivity index (χ3n) is 5.75. The molecule has 11 nitrogen and oxygen atoms in total. The Hall–Kier alpha value is -3.99. The van der Waals surface area contributed by atoms with Crippen LogP contribution in [0.4, 0.5) is 5.82 Å². The molecule has 1 aromatic carbocycles. The Morgan fingerprint density at radius 1 is 1.17 bits per heavy atom. The van der Waals surface area contributed by atoms with E-state index in [4.69, 9.17) is 14.2 Å². The molecule has 2 saturated heterocycles. The molecule has 2 fully saturated rings. The average molecular weight is 479 g/mol. The Kier molecular flexibility index (Phi) is 6.57. The van der Waals surface area contributed by atoms with Crippen LogP contribution in [-0.2, 0) is 11.3 Å². The Labute approximate surface area is 202 Å². The van der Waals surface area contributed by atoms with E-state index < -0.39 is 0 Å². The molecule has 182 valence electrons. The fraction of sp³-hybridized carbons (Fsp3) is 0.375. The number of hydrogen-bond acceptors (Lipinski definition) is 8. The van der Waals surface area contributed by atoms with Crippen LogP contribution in [0.1, 0.15) is 40.6 Å². The lowest BCUT2D eigenvalue weighted by atomic mass is 10.2. The third-order valence-corrected chi connectivity index (χ3v) is 5.75. The van der Waals surface area contributed by atoms with Gasteiger partial charge in [-0.2, -0.15) is 5.10 Å². The standard InChI is InChI=1S/C24H26N6O5/c1-2-30-8-4-21(28-30)27-23(31)16-10-18(34-17-5-9-33-15-17)12-19(11-16)35-22-14-25-20(13-26-22)24(32)29-6-3-7-29/h4,8,10-14,17H,2-3,5-7,9,15H2,1H3,(H,27,28,31)/t17-/m0/s1. The largest absolute Gasteiger partial charge is 0.488 e. The van der Waals surface area contributed by atoms with Crippen molar-refractivity contribution in [3.8, 4) is 17.4 Å². The van der Waals surface area contributed by atoms with Crippen molar-refractivity contribution in [2.45, 2.75) is 32.4 Å². The van der Waals surface area contributed by atoms with Gasteiger partial charge in [-0.25, -0.2) is 9.97 Å². The first kappa shape index (κ1) is 22.8. The first-order chi connectivity index (χ1) is 17.1. The van der Waals surface area contributed by atoms with E-state index in [2.05, 4.69) is 20.4 Å². The Morgan fingerprint density at radius 3 is 2.69 bits per heavy atom. The van der Waals surface area contributed by atoms with Crippen LogP contribution in [0.25, 0.3) is 0 Å². The number of nitrogens with zero attached hydrogens (tertiary/aromatic N) is 5. The molecule has 35 heavy (non-hydrogen) atoms. The second kappa shape index (κ2) is 10.1. The topological polar surface area (TPSA) is 121 Å². The van der Waals surface area contributed by atoms with Gasteiger partial charge in [0.15, 0.2) is 5.82 Å². The number of benzene rings is 1. The van der Waals surface area contributed by atoms with Crippen LogP contribution in [0.2, 0.25) is 0 Å². The van der Waals surface area contributed by atoms with Crippen molar-refractivity contribution < 1.29 is 23.8 Å². The first-order valence-electron chi connectivity index (χ1n) is 11.6. The molecule has 0 saturated carbocycles. The highest BCUT2D eigenvalue weighted by Gasteiger charge is 2.23. The number of hydrogen-bond donors (Lipinski definition) is 1. The first-order valence-corrected chi connectivity index (χ1v) is 11.6. The van der Waals surface area contributed by atoms with Gasteiger partial charge in [-0.3, -0.25) is 14.3 Å². The molecule has 11 heteroatoms. The lowest BCUT2D eigenvalue weighted by molar-refractivity contribution is 0.0645. The average Bonchev–Trinajstić information content (AvgIpc) is 3.50. The number of rotatable bonds is 8. The van der Waals surface area contributed by atoms with Crippen molar-refractivity contribution in [1.82, 2.24) is 24.6 Å². The summed E-state index contributed by atoms with van der Waals surface area (Å²) in [5.41, 5.74) is 0.599. The summed E-state index contributed by atoms with van der Waals surface area (Å²) < 4.78 is 19.0. The predicted molar refractivity (Wildman–Crippen MR) is 125 cm³/mol. The zero-order valence-electron chi connectivity index (χ0n) is 19.3. The van der Waals surface area contributed by atoms with Crippen LogP contribution < -0.4 is 14.8 Å². The van der Waals surface area contributed by atoms with Crippen molar-refractivity contribution in [3.63, 3.8) is 0 Å². The fourth-order valence-corrected chi connectivity index (χ4v) is 3.70. The van der Waals surface area contributed by atoms with Gasteiger partial charge < -0.3 is 24.4 Å². The monoisotopic (exact) mass is 478 g/mol. The van der Waals surface area contributed by atoms with Gasteiger partial charge in [0, 0.05) is 49.9 Å². The van der Waals surface area contributed by atoms with Gasteiger partial charge in [-0.1, -0.05) is 0 Å². The summed E-state index contributed by atoms with van der Waals surface area (Å²) in [7, 11) is 0. The van der Waals surface area contributed by atoms with E-state index in [1.54, 1.807) is 40.0 Å². The van der Waals surface area contributed by atoms with Crippen molar-refractivity contribution >= 4 is 17.6 Å². The summed E-state index contributed by atoms with van der Waals surface area (Å²) >= 11 is 0. The molecule has 0 radical (unpaired) electrons. The van der Waals surface area contributed by atoms with Crippen LogP contribution in [0.5, 0.6) is 17.4 Å². The summed E-state index contributed by atoms with van der Waals surface area (Å²) in [6.07, 6.45) is 6.24. The Balaban J connectivity index is 1.35. The molecule has 1 atom stereocenters. The number of amides is 2. The summed E-state index contributed by atoms with van der Waals surface area (Å²) in [6.45, 7) is 5.25. The maximum absolute atomic E-state index is 13.0. The molecule has 0 aliphatic carbocycles. The number of carbonyl (C=O) groups excluding carboxylic acids is 2. The van der Waals surface area contributed by atoms with Gasteiger partial charge in [-0.05, 0) is 25.5 Å². The summed E-state index contributed by atoms with van der Waals surface area (Å²) in [5, 5.41) is 7.08. The summed E-state index contributed by atoms with van der Waals surface area (Å²) in [5.74, 6) is 0.962. The lowest BCUT2D eigenvalue weighted by Gasteiger charge is -2.30. The van der Waals surface area contributed by atoms with Crippen LogP contribution in [-0.4, -0.2) is 68.9 Å². The summed E-state index contributed by atoms with van der Waals surface area (Å²) in [6, 6.07) is 6.65. The molecular formula is C24H26N6O5. The normalized spacial score (nSPS) is 17.1. The number of aryl methyl sites for hydroxylation is 1. The van der Waals surface area contributed by atoms with Crippen LogP contribution >= 0.6 is 0 Å². The molecule has 0 bridgehead atoms. The molecule has 2 aromatic heterocycles. The van der Waals surface area contributed by atoms with Gasteiger partial charge in [-0.15, -0.1) is 0 Å². The Bertz CT molecular complexity index is 1200. The highest BCUT2D eigenvalue weighted by atomic mass is 16.5. The molecule has 0 unspecified atom stereocenters. The molecule has 5 rings (SSSR count). The lowest BCUT2D eigenvalue weighted by Crippen LogP contribution is -2.42. The number of ether oxygens (including phenoxy) is 3. The van der Waals surface area contributed by atoms with E-state index in [0.29, 0.717) is 42.6 Å². The molecule has 2 amide bonds. The third kappa shape index (κ3) is 5.40. The van der Waals surface area contributed by atoms with Crippen molar-refractivity contribution in [2.75, 3.05) is 31.6 Å². The maximum atomic E-state index is 13.0. The van der Waals surface area contributed by atoms with Crippen LogP contribution in [0.3, 0.4) is 0 Å². The van der Waals surface area contributed by atoms with E-state index in [0.717, 1.165) is 25.9 Å². The number of aromatic nitrogens is 4. The highest BCUT2D eigenvalue weighted by molar-refractivity contribution is 6.04. The molecule has 2 aliphatic heterocycles. The van der Waals surface area contributed by atoms with Crippen molar-refractivity contribution in [3.05, 3.63) is 54.1 Å². The minimum atomic E-state index is -0.356. The number of likely N-dealkylation sites (tertiary alicyclic amines) is 1. The fourth-order valence-electron chi connectivity index (χ4n) is 3.70. The van der Waals surface area contributed by atoms with E-state index in [1.165, 1.54) is 12.4 Å². The van der Waals surface area contributed by atoms with E-state index >= 15 is 0 Å². The quantitative estimate of drug-likeness (QED) is 0.525. The highest BCUT2D eigenvalue weighted by Crippen LogP contribution is 2.29. The molecule has 2 aliphatic rings. The van der Waals surface area contributed by atoms with Gasteiger partial charge in [0.05, 0.1) is 25.6 Å². The molecular weight excluding hydrogens is 452 g/mol. The van der Waals surface area contributed by atoms with E-state index in [1.807, 2.05) is 6.92 Å². The van der Waals surface area contributed by atoms with E-state index in [-0.39, 0.29) is 29.5 Å². The van der Waals surface area contributed by atoms with Gasteiger partial charge in [0.1, 0.15) is 23.3 Å². The number of anilines is 1. The minimum absolute atomic E-state index is 0.104. The van der Waals surface area contributed by atoms with Crippen LogP contribution in [0.15, 0.2) is 42.9 Å². The number of nitrogens with one attached hydrogen (secondary N) is 1. The second-order valence-electron chi connectivity index (χ2n) is 8.30. The smallest absolute Gasteiger partial charge is 0.274 e. The van der Waals surface area contributed by atoms with Gasteiger partial charge in [0.2, 0.25) is 5.88 Å².